The summed E-state index contributed by atoms with van der Waals surface area (Å²) in [6, 6.07) is 0. The van der Waals surface area contributed by atoms with Crippen molar-refractivity contribution in [1.82, 2.24) is 0 Å². The second kappa shape index (κ2) is 5.58. The standard InChI is InChI=1S/C10H16O5/c1-7(11)14-8-3-5-9(6-4-8)15-10(12)13-2/h8-9H,3-6H2,1-2H3. The van der Waals surface area contributed by atoms with Crippen molar-refractivity contribution < 1.29 is 23.8 Å². The second-order valence-corrected chi connectivity index (χ2v) is 3.58. The summed E-state index contributed by atoms with van der Waals surface area (Å²) in [6.45, 7) is 1.40. The van der Waals surface area contributed by atoms with Crippen molar-refractivity contribution in [3.63, 3.8) is 0 Å². The van der Waals surface area contributed by atoms with Crippen molar-refractivity contribution in [3.05, 3.63) is 0 Å². The molecule has 1 saturated carbocycles. The average Bonchev–Trinajstić information content (AvgIpc) is 2.20. The molecule has 15 heavy (non-hydrogen) atoms. The highest BCUT2D eigenvalue weighted by molar-refractivity contribution is 5.66. The Kier molecular flexibility index (Phi) is 4.39. The number of methoxy groups -OCH3 is 1. The van der Waals surface area contributed by atoms with Crippen molar-refractivity contribution >= 4 is 12.1 Å². The van der Waals surface area contributed by atoms with E-state index >= 15 is 0 Å². The summed E-state index contributed by atoms with van der Waals surface area (Å²) in [4.78, 5) is 21.5. The molecule has 1 fully saturated rings. The van der Waals surface area contributed by atoms with E-state index in [9.17, 15) is 9.59 Å². The summed E-state index contributed by atoms with van der Waals surface area (Å²) in [6.07, 6.45) is 2.12. The maximum atomic E-state index is 10.8. The second-order valence-electron chi connectivity index (χ2n) is 3.58. The van der Waals surface area contributed by atoms with Gasteiger partial charge in [-0.1, -0.05) is 0 Å². The minimum atomic E-state index is -0.647. The molecule has 5 heteroatoms. The molecule has 0 spiro atoms. The SMILES string of the molecule is COC(=O)OC1CCC(OC(C)=O)CC1. The Labute approximate surface area is 88.7 Å². The number of ether oxygens (including phenoxy) is 3. The number of carbonyl (C=O) groups is 2. The van der Waals surface area contributed by atoms with Crippen molar-refractivity contribution in [1.29, 1.82) is 0 Å². The van der Waals surface area contributed by atoms with Crippen molar-refractivity contribution in [2.75, 3.05) is 7.11 Å². The van der Waals surface area contributed by atoms with Crippen LogP contribution in [0.1, 0.15) is 32.6 Å². The Balaban J connectivity index is 2.23. The molecule has 0 heterocycles. The molecule has 86 valence electrons. The molecular formula is C10H16O5. The van der Waals surface area contributed by atoms with E-state index in [1.54, 1.807) is 0 Å². The largest absolute Gasteiger partial charge is 0.508 e. The van der Waals surface area contributed by atoms with E-state index in [-0.39, 0.29) is 18.2 Å². The molecule has 1 rings (SSSR count). The molecule has 0 amide bonds. The van der Waals surface area contributed by atoms with Crippen LogP contribution in [-0.4, -0.2) is 31.4 Å². The van der Waals surface area contributed by atoms with Crippen molar-refractivity contribution in [2.45, 2.75) is 44.8 Å². The number of esters is 1. The quantitative estimate of drug-likeness (QED) is 0.657. The predicted molar refractivity (Wildman–Crippen MR) is 51.3 cm³/mol. The van der Waals surface area contributed by atoms with Gasteiger partial charge in [0.25, 0.3) is 0 Å². The van der Waals surface area contributed by atoms with Crippen LogP contribution in [0.25, 0.3) is 0 Å². The lowest BCUT2D eigenvalue weighted by molar-refractivity contribution is -0.149. The maximum Gasteiger partial charge on any atom is 0.508 e. The number of hydrogen-bond donors (Lipinski definition) is 0. The molecule has 1 aliphatic rings. The molecule has 0 N–H and O–H groups in total. The van der Waals surface area contributed by atoms with Gasteiger partial charge in [0.15, 0.2) is 0 Å². The third-order valence-corrected chi connectivity index (χ3v) is 2.38. The maximum absolute atomic E-state index is 10.8. The smallest absolute Gasteiger partial charge is 0.463 e. The Morgan fingerprint density at radius 2 is 1.47 bits per heavy atom. The molecule has 0 atom stereocenters. The van der Waals surface area contributed by atoms with Gasteiger partial charge in [0.05, 0.1) is 7.11 Å². The lowest BCUT2D eigenvalue weighted by Gasteiger charge is -2.27. The molecule has 0 bridgehead atoms. The van der Waals surface area contributed by atoms with Crippen LogP contribution < -0.4 is 0 Å². The van der Waals surface area contributed by atoms with E-state index < -0.39 is 6.16 Å². The normalized spacial score (nSPS) is 25.5. The van der Waals surface area contributed by atoms with Gasteiger partial charge in [-0.15, -0.1) is 0 Å². The number of carbonyl (C=O) groups excluding carboxylic acids is 2. The van der Waals surface area contributed by atoms with E-state index in [0.717, 1.165) is 12.8 Å². The van der Waals surface area contributed by atoms with Crippen molar-refractivity contribution in [2.24, 2.45) is 0 Å². The summed E-state index contributed by atoms with van der Waals surface area (Å²) in [5, 5.41) is 0. The van der Waals surface area contributed by atoms with Crippen LogP contribution in [0.4, 0.5) is 4.79 Å². The van der Waals surface area contributed by atoms with Gasteiger partial charge in [0.1, 0.15) is 12.2 Å². The predicted octanol–water partition coefficient (Wildman–Crippen LogP) is 1.64. The minimum Gasteiger partial charge on any atom is -0.463 e. The minimum absolute atomic E-state index is 0.0278. The molecule has 0 aromatic carbocycles. The van der Waals surface area contributed by atoms with Gasteiger partial charge in [0, 0.05) is 6.92 Å². The van der Waals surface area contributed by atoms with E-state index in [0.29, 0.717) is 12.8 Å². The first-order valence-corrected chi connectivity index (χ1v) is 5.03. The van der Waals surface area contributed by atoms with Gasteiger partial charge in [-0.3, -0.25) is 4.79 Å². The van der Waals surface area contributed by atoms with E-state index in [4.69, 9.17) is 9.47 Å². The van der Waals surface area contributed by atoms with Gasteiger partial charge in [-0.25, -0.2) is 4.79 Å². The summed E-state index contributed by atoms with van der Waals surface area (Å²) < 4.78 is 14.5. The Morgan fingerprint density at radius 1 is 1.00 bits per heavy atom. The summed E-state index contributed by atoms with van der Waals surface area (Å²) >= 11 is 0. The summed E-state index contributed by atoms with van der Waals surface area (Å²) in [5.74, 6) is -0.257. The number of hydrogen-bond acceptors (Lipinski definition) is 5. The van der Waals surface area contributed by atoms with Crippen LogP contribution in [0, 0.1) is 0 Å². The monoisotopic (exact) mass is 216 g/mol. The van der Waals surface area contributed by atoms with Crippen LogP contribution in [0.3, 0.4) is 0 Å². The lowest BCUT2D eigenvalue weighted by Crippen LogP contribution is -2.29. The van der Waals surface area contributed by atoms with Crippen molar-refractivity contribution in [3.8, 4) is 0 Å². The molecule has 0 saturated heterocycles. The molecule has 5 nitrogen and oxygen atoms in total. The first-order valence-electron chi connectivity index (χ1n) is 5.03. The van der Waals surface area contributed by atoms with E-state index in [1.807, 2.05) is 0 Å². The molecule has 1 aliphatic carbocycles. The van der Waals surface area contributed by atoms with Gasteiger partial charge in [-0.05, 0) is 25.7 Å². The Morgan fingerprint density at radius 3 is 1.87 bits per heavy atom. The van der Waals surface area contributed by atoms with Gasteiger partial charge in [0.2, 0.25) is 0 Å². The lowest BCUT2D eigenvalue weighted by atomic mass is 9.95. The molecule has 0 radical (unpaired) electrons. The van der Waals surface area contributed by atoms with Crippen LogP contribution in [0.5, 0.6) is 0 Å². The van der Waals surface area contributed by atoms with Gasteiger partial charge >= 0.3 is 12.1 Å². The van der Waals surface area contributed by atoms with Crippen LogP contribution in [0.2, 0.25) is 0 Å². The molecule has 0 aromatic heterocycles. The first kappa shape index (κ1) is 11.8. The Hall–Kier alpha value is -1.26. The fourth-order valence-corrected chi connectivity index (χ4v) is 1.69. The van der Waals surface area contributed by atoms with E-state index in [2.05, 4.69) is 4.74 Å². The van der Waals surface area contributed by atoms with Crippen LogP contribution in [-0.2, 0) is 19.0 Å². The van der Waals surface area contributed by atoms with Gasteiger partial charge in [-0.2, -0.15) is 0 Å². The fraction of sp³-hybridized carbons (Fsp3) is 0.800. The van der Waals surface area contributed by atoms with E-state index in [1.165, 1.54) is 14.0 Å². The fourth-order valence-electron chi connectivity index (χ4n) is 1.69. The highest BCUT2D eigenvalue weighted by Gasteiger charge is 2.25. The summed E-state index contributed by atoms with van der Waals surface area (Å²) in [7, 11) is 1.28. The number of rotatable bonds is 2. The topological polar surface area (TPSA) is 61.8 Å². The highest BCUT2D eigenvalue weighted by atomic mass is 16.7. The average molecular weight is 216 g/mol. The highest BCUT2D eigenvalue weighted by Crippen LogP contribution is 2.23. The van der Waals surface area contributed by atoms with Gasteiger partial charge < -0.3 is 14.2 Å². The first-order chi connectivity index (χ1) is 7.11. The molecular weight excluding hydrogens is 200 g/mol. The summed E-state index contributed by atoms with van der Waals surface area (Å²) in [5.41, 5.74) is 0. The molecule has 0 unspecified atom stereocenters. The molecule has 0 aliphatic heterocycles. The third kappa shape index (κ3) is 4.18. The zero-order valence-corrected chi connectivity index (χ0v) is 9.02. The van der Waals surface area contributed by atoms with Crippen LogP contribution in [0.15, 0.2) is 0 Å². The zero-order chi connectivity index (χ0) is 11.3. The molecule has 0 aromatic rings. The van der Waals surface area contributed by atoms with Crippen LogP contribution >= 0.6 is 0 Å². The Bertz CT molecular complexity index is 230. The third-order valence-electron chi connectivity index (χ3n) is 2.38. The zero-order valence-electron chi connectivity index (χ0n) is 9.02.